The van der Waals surface area contributed by atoms with Gasteiger partial charge in [-0.05, 0) is 43.2 Å². The van der Waals surface area contributed by atoms with E-state index in [0.717, 1.165) is 16.8 Å². The number of nitriles is 1. The first-order valence-corrected chi connectivity index (χ1v) is 6.10. The number of nitrogens with one attached hydrogen (secondary N) is 1. The second kappa shape index (κ2) is 5.53. The van der Waals surface area contributed by atoms with Crippen molar-refractivity contribution < 1.29 is 4.39 Å². The van der Waals surface area contributed by atoms with Crippen LogP contribution >= 0.6 is 0 Å². The molecular formula is C16H15FN2. The fourth-order valence-corrected chi connectivity index (χ4v) is 1.88. The second-order valence-corrected chi connectivity index (χ2v) is 4.59. The minimum absolute atomic E-state index is 0.341. The van der Waals surface area contributed by atoms with Gasteiger partial charge in [0.15, 0.2) is 0 Å². The highest BCUT2D eigenvalue weighted by molar-refractivity contribution is 5.52. The molecule has 0 aliphatic carbocycles. The number of nitrogens with zero attached hydrogens (tertiary/aromatic N) is 1. The van der Waals surface area contributed by atoms with E-state index in [1.807, 2.05) is 38.1 Å². The van der Waals surface area contributed by atoms with E-state index < -0.39 is 0 Å². The van der Waals surface area contributed by atoms with Crippen LogP contribution in [0.4, 0.5) is 10.1 Å². The van der Waals surface area contributed by atoms with Gasteiger partial charge in [0.1, 0.15) is 5.82 Å². The Kier molecular flexibility index (Phi) is 3.82. The Morgan fingerprint density at radius 2 is 1.95 bits per heavy atom. The first kappa shape index (κ1) is 13.1. The van der Waals surface area contributed by atoms with Crippen LogP contribution in [0, 0.1) is 31.0 Å². The largest absolute Gasteiger partial charge is 0.381 e. The third-order valence-electron chi connectivity index (χ3n) is 3.04. The summed E-state index contributed by atoms with van der Waals surface area (Å²) < 4.78 is 13.7. The molecule has 0 atom stereocenters. The Balaban J connectivity index is 2.15. The predicted octanol–water partition coefficient (Wildman–Crippen LogP) is 3.93. The molecule has 2 rings (SSSR count). The van der Waals surface area contributed by atoms with Crippen molar-refractivity contribution in [3.63, 3.8) is 0 Å². The van der Waals surface area contributed by atoms with Gasteiger partial charge in [0, 0.05) is 17.8 Å². The molecule has 2 nitrogen and oxygen atoms in total. The third kappa shape index (κ3) is 3.11. The molecule has 19 heavy (non-hydrogen) atoms. The number of hydrogen-bond acceptors (Lipinski definition) is 2. The van der Waals surface area contributed by atoms with Crippen molar-refractivity contribution in [1.82, 2.24) is 0 Å². The minimum atomic E-state index is -0.350. The number of halogens is 1. The van der Waals surface area contributed by atoms with Crippen molar-refractivity contribution in [2.75, 3.05) is 5.32 Å². The van der Waals surface area contributed by atoms with Gasteiger partial charge in [-0.25, -0.2) is 4.39 Å². The zero-order chi connectivity index (χ0) is 13.8. The van der Waals surface area contributed by atoms with Crippen molar-refractivity contribution in [3.8, 4) is 6.07 Å². The highest BCUT2D eigenvalue weighted by atomic mass is 19.1. The van der Waals surface area contributed by atoms with Crippen molar-refractivity contribution in [1.29, 1.82) is 5.26 Å². The zero-order valence-electron chi connectivity index (χ0n) is 11.0. The molecule has 0 saturated heterocycles. The zero-order valence-corrected chi connectivity index (χ0v) is 11.0. The lowest BCUT2D eigenvalue weighted by molar-refractivity contribution is 0.612. The van der Waals surface area contributed by atoms with Gasteiger partial charge in [0.2, 0.25) is 0 Å². The molecular weight excluding hydrogens is 239 g/mol. The molecule has 0 unspecified atom stereocenters. The maximum atomic E-state index is 13.7. The summed E-state index contributed by atoms with van der Waals surface area (Å²) in [7, 11) is 0. The van der Waals surface area contributed by atoms with Crippen LogP contribution < -0.4 is 5.32 Å². The number of hydrogen-bond donors (Lipinski definition) is 1. The van der Waals surface area contributed by atoms with Crippen molar-refractivity contribution in [2.45, 2.75) is 20.4 Å². The van der Waals surface area contributed by atoms with Crippen molar-refractivity contribution >= 4 is 5.69 Å². The van der Waals surface area contributed by atoms with Gasteiger partial charge < -0.3 is 5.32 Å². The van der Waals surface area contributed by atoms with E-state index in [1.54, 1.807) is 12.1 Å². The van der Waals surface area contributed by atoms with Crippen LogP contribution in [0.5, 0.6) is 0 Å². The summed E-state index contributed by atoms with van der Waals surface area (Å²) in [5, 5.41) is 11.9. The summed E-state index contributed by atoms with van der Waals surface area (Å²) >= 11 is 0. The van der Waals surface area contributed by atoms with Crippen LogP contribution in [0.1, 0.15) is 22.3 Å². The summed E-state index contributed by atoms with van der Waals surface area (Å²) in [6, 6.07) is 12.6. The number of rotatable bonds is 3. The standard InChI is InChI=1S/C16H15FN2/c1-11-3-4-12(2)16(7-11)19-10-14-6-5-13(9-18)8-15(14)17/h3-8,19H,10H2,1-2H3. The van der Waals surface area contributed by atoms with Crippen LogP contribution in [-0.2, 0) is 6.54 Å². The van der Waals surface area contributed by atoms with E-state index in [1.165, 1.54) is 6.07 Å². The Morgan fingerprint density at radius 3 is 2.63 bits per heavy atom. The van der Waals surface area contributed by atoms with Crippen LogP contribution in [0.2, 0.25) is 0 Å². The van der Waals surface area contributed by atoms with Gasteiger partial charge in [0.05, 0.1) is 11.6 Å². The second-order valence-electron chi connectivity index (χ2n) is 4.59. The van der Waals surface area contributed by atoms with Gasteiger partial charge in [0.25, 0.3) is 0 Å². The van der Waals surface area contributed by atoms with Crippen molar-refractivity contribution in [2.24, 2.45) is 0 Å². The van der Waals surface area contributed by atoms with Gasteiger partial charge in [-0.3, -0.25) is 0 Å². The first-order valence-electron chi connectivity index (χ1n) is 6.10. The molecule has 0 spiro atoms. The predicted molar refractivity (Wildman–Crippen MR) is 74.4 cm³/mol. The quantitative estimate of drug-likeness (QED) is 0.900. The van der Waals surface area contributed by atoms with Crippen LogP contribution in [0.3, 0.4) is 0 Å². The molecule has 2 aromatic carbocycles. The summed E-state index contributed by atoms with van der Waals surface area (Å²) in [6.07, 6.45) is 0. The van der Waals surface area contributed by atoms with Gasteiger partial charge in [-0.15, -0.1) is 0 Å². The van der Waals surface area contributed by atoms with Gasteiger partial charge >= 0.3 is 0 Å². The lowest BCUT2D eigenvalue weighted by Crippen LogP contribution is -2.03. The Hall–Kier alpha value is -2.34. The molecule has 0 aliphatic heterocycles. The first-order chi connectivity index (χ1) is 9.10. The fourth-order valence-electron chi connectivity index (χ4n) is 1.88. The average molecular weight is 254 g/mol. The highest BCUT2D eigenvalue weighted by Gasteiger charge is 2.04. The van der Waals surface area contributed by atoms with Gasteiger partial charge in [-0.2, -0.15) is 5.26 Å². The molecule has 2 aromatic rings. The SMILES string of the molecule is Cc1ccc(C)c(NCc2ccc(C#N)cc2F)c1. The highest BCUT2D eigenvalue weighted by Crippen LogP contribution is 2.18. The number of aryl methyl sites for hydroxylation is 2. The molecule has 0 bridgehead atoms. The van der Waals surface area contributed by atoms with E-state index in [2.05, 4.69) is 5.32 Å². The Labute approximate surface area is 112 Å². The molecule has 0 saturated carbocycles. The van der Waals surface area contributed by atoms with Crippen LogP contribution in [0.25, 0.3) is 0 Å². The molecule has 3 heteroatoms. The fraction of sp³-hybridized carbons (Fsp3) is 0.188. The monoisotopic (exact) mass is 254 g/mol. The summed E-state index contributed by atoms with van der Waals surface area (Å²) in [6.45, 7) is 4.44. The van der Waals surface area contributed by atoms with Crippen LogP contribution in [-0.4, -0.2) is 0 Å². The summed E-state index contributed by atoms with van der Waals surface area (Å²) in [5.41, 5.74) is 4.18. The van der Waals surface area contributed by atoms with Crippen LogP contribution in [0.15, 0.2) is 36.4 Å². The summed E-state index contributed by atoms with van der Waals surface area (Å²) in [5.74, 6) is -0.350. The maximum Gasteiger partial charge on any atom is 0.129 e. The smallest absolute Gasteiger partial charge is 0.129 e. The van der Waals surface area contributed by atoms with E-state index in [0.29, 0.717) is 17.7 Å². The topological polar surface area (TPSA) is 35.8 Å². The number of benzene rings is 2. The third-order valence-corrected chi connectivity index (χ3v) is 3.04. The molecule has 0 fully saturated rings. The normalized spacial score (nSPS) is 10.0. The molecule has 0 amide bonds. The number of anilines is 1. The molecule has 0 aliphatic rings. The summed E-state index contributed by atoms with van der Waals surface area (Å²) in [4.78, 5) is 0. The lowest BCUT2D eigenvalue weighted by atomic mass is 10.1. The van der Waals surface area contributed by atoms with E-state index in [4.69, 9.17) is 5.26 Å². The Bertz CT molecular complexity index is 642. The molecule has 0 radical (unpaired) electrons. The van der Waals surface area contributed by atoms with E-state index in [9.17, 15) is 4.39 Å². The van der Waals surface area contributed by atoms with E-state index in [-0.39, 0.29) is 5.82 Å². The molecule has 0 heterocycles. The van der Waals surface area contributed by atoms with Gasteiger partial charge in [-0.1, -0.05) is 18.2 Å². The molecule has 96 valence electrons. The van der Waals surface area contributed by atoms with E-state index >= 15 is 0 Å². The molecule has 0 aromatic heterocycles. The average Bonchev–Trinajstić information content (AvgIpc) is 2.40. The molecule has 1 N–H and O–H groups in total. The van der Waals surface area contributed by atoms with Crippen molar-refractivity contribution in [3.05, 3.63) is 64.5 Å². The minimum Gasteiger partial charge on any atom is -0.381 e. The Morgan fingerprint density at radius 1 is 1.16 bits per heavy atom. The lowest BCUT2D eigenvalue weighted by Gasteiger charge is -2.11. The maximum absolute atomic E-state index is 13.7.